The Morgan fingerprint density at radius 2 is 1.67 bits per heavy atom. The number of imide groups is 1. The monoisotopic (exact) mass is 1260 g/mol. The molecule has 26 heteroatoms. The second-order valence-electron chi connectivity index (χ2n) is 21.8. The minimum atomic E-state index is -1.13. The van der Waals surface area contributed by atoms with E-state index in [0.717, 1.165) is 26.2 Å². The predicted octanol–water partition coefficient (Wildman–Crippen LogP) is 7.03. The molecule has 2 saturated heterocycles. The number of halogens is 1. The number of thiazole rings is 2. The van der Waals surface area contributed by atoms with Crippen LogP contribution >= 0.6 is 22.7 Å². The maximum Gasteiger partial charge on any atom is 0.355 e. The van der Waals surface area contributed by atoms with Gasteiger partial charge in [0.15, 0.2) is 27.5 Å². The topological polar surface area (TPSA) is 265 Å². The van der Waals surface area contributed by atoms with E-state index in [-0.39, 0.29) is 47.6 Å². The molecule has 0 aliphatic carbocycles. The maximum absolute atomic E-state index is 15.2. The fourth-order valence-corrected chi connectivity index (χ4v) is 13.0. The number of carbonyl (C=O) groups excluding carboxylic acids is 5. The van der Waals surface area contributed by atoms with Gasteiger partial charge < -0.3 is 44.5 Å². The van der Waals surface area contributed by atoms with E-state index in [1.807, 2.05) is 46.2 Å². The number of amides is 5. The SMILES string of the molecule is C=C1CCC(N2C(=O)c3cccc(NCCOCCOCCOCc4cn(CCCC(=O)N5CCN(CC#Cc6ccc(OCCCc7sc(N8CCc9cccc(C(=O)Nc%10nc%11ccccc%11s%10)c9C8)nc7C(=O)O)c(F)c6)CC5)nn4)c3C2=O)C(=O)N1. The van der Waals surface area contributed by atoms with Crippen LogP contribution in [0.2, 0.25) is 0 Å². The van der Waals surface area contributed by atoms with Gasteiger partial charge in [-0.3, -0.25) is 43.8 Å². The van der Waals surface area contributed by atoms with Crippen molar-refractivity contribution >= 4 is 84.3 Å². The molecule has 1 atom stereocenters. The quantitative estimate of drug-likeness (QED) is 0.0229. The highest BCUT2D eigenvalue weighted by Crippen LogP contribution is 2.35. The van der Waals surface area contributed by atoms with Crippen LogP contribution in [0.1, 0.15) is 101 Å². The lowest BCUT2D eigenvalue weighted by Crippen LogP contribution is -2.51. The van der Waals surface area contributed by atoms with Gasteiger partial charge in [0.2, 0.25) is 11.8 Å². The van der Waals surface area contributed by atoms with Crippen LogP contribution in [-0.2, 0) is 56.3 Å². The lowest BCUT2D eigenvalue weighted by atomic mass is 9.94. The van der Waals surface area contributed by atoms with Crippen LogP contribution in [0.5, 0.6) is 5.75 Å². The Kier molecular flexibility index (Phi) is 20.6. The molecule has 468 valence electrons. The van der Waals surface area contributed by atoms with E-state index in [4.69, 9.17) is 18.9 Å². The van der Waals surface area contributed by atoms with E-state index in [1.54, 1.807) is 47.3 Å². The van der Waals surface area contributed by atoms with Crippen LogP contribution < -0.4 is 25.6 Å². The highest BCUT2D eigenvalue weighted by molar-refractivity contribution is 7.22. The summed E-state index contributed by atoms with van der Waals surface area (Å²) in [5.41, 5.74) is 5.97. The molecule has 1 unspecified atom stereocenters. The maximum atomic E-state index is 15.2. The summed E-state index contributed by atoms with van der Waals surface area (Å²) in [7, 11) is 0. The van der Waals surface area contributed by atoms with Crippen LogP contribution in [0.3, 0.4) is 0 Å². The van der Waals surface area contributed by atoms with Gasteiger partial charge in [0.25, 0.3) is 17.7 Å². The van der Waals surface area contributed by atoms with Crippen molar-refractivity contribution in [2.45, 2.75) is 70.7 Å². The molecule has 4 aliphatic heterocycles. The number of para-hydroxylation sites is 1. The van der Waals surface area contributed by atoms with Crippen molar-refractivity contribution in [3.8, 4) is 17.6 Å². The molecule has 2 fully saturated rings. The normalized spacial score (nSPS) is 15.8. The number of nitrogens with one attached hydrogen (secondary N) is 3. The molecule has 23 nitrogen and oxygen atoms in total. The molecule has 0 spiro atoms. The molecular formula is C64H67FN12O11S2. The number of aromatic nitrogens is 5. The summed E-state index contributed by atoms with van der Waals surface area (Å²) in [6.07, 6.45) is 5.04. The number of carbonyl (C=O) groups is 6. The molecule has 5 amide bonds. The summed E-state index contributed by atoms with van der Waals surface area (Å²) in [6.45, 7) is 10.7. The lowest BCUT2D eigenvalue weighted by molar-refractivity contribution is -0.133. The number of rotatable bonds is 27. The molecule has 4 N–H and O–H groups in total. The zero-order valence-electron chi connectivity index (χ0n) is 49.4. The third-order valence-corrected chi connectivity index (χ3v) is 17.8. The Morgan fingerprint density at radius 1 is 0.856 bits per heavy atom. The molecule has 4 aliphatic rings. The van der Waals surface area contributed by atoms with Gasteiger partial charge in [-0.1, -0.05) is 65.3 Å². The number of fused-ring (bicyclic) bond motifs is 3. The summed E-state index contributed by atoms with van der Waals surface area (Å²) < 4.78 is 40.7. The highest BCUT2D eigenvalue weighted by atomic mass is 32.1. The number of carboxylic acids is 1. The number of aryl methyl sites for hydroxylation is 2. The van der Waals surface area contributed by atoms with Gasteiger partial charge in [-0.05, 0) is 98.2 Å². The number of piperazine rings is 1. The minimum absolute atomic E-state index is 0.0285. The second-order valence-corrected chi connectivity index (χ2v) is 23.9. The van der Waals surface area contributed by atoms with Gasteiger partial charge in [0, 0.05) is 86.2 Å². The van der Waals surface area contributed by atoms with E-state index in [9.17, 15) is 33.9 Å². The number of benzene rings is 4. The van der Waals surface area contributed by atoms with Gasteiger partial charge in [0.1, 0.15) is 11.7 Å². The van der Waals surface area contributed by atoms with Crippen molar-refractivity contribution in [1.82, 2.24) is 45.0 Å². The van der Waals surface area contributed by atoms with E-state index >= 15 is 4.39 Å². The van der Waals surface area contributed by atoms with Crippen LogP contribution in [0.25, 0.3) is 10.2 Å². The number of piperidine rings is 1. The van der Waals surface area contributed by atoms with Crippen molar-refractivity contribution in [1.29, 1.82) is 0 Å². The first-order valence-electron chi connectivity index (χ1n) is 29.9. The fourth-order valence-electron chi connectivity index (χ4n) is 11.1. The van der Waals surface area contributed by atoms with E-state index < -0.39 is 35.5 Å². The second kappa shape index (κ2) is 29.6. The Labute approximate surface area is 526 Å². The average molecular weight is 1260 g/mol. The first-order chi connectivity index (χ1) is 43.8. The number of hydrogen-bond acceptors (Lipinski definition) is 19. The third-order valence-electron chi connectivity index (χ3n) is 15.7. The zero-order valence-corrected chi connectivity index (χ0v) is 51.0. The smallest absolute Gasteiger partial charge is 0.355 e. The molecule has 4 aromatic carbocycles. The van der Waals surface area contributed by atoms with E-state index in [0.29, 0.717) is 180 Å². The number of hydrogen-bond donors (Lipinski definition) is 4. The average Bonchev–Trinajstić information content (AvgIpc) is 1.87. The molecule has 0 bridgehead atoms. The summed E-state index contributed by atoms with van der Waals surface area (Å²) in [4.78, 5) is 94.8. The van der Waals surface area contributed by atoms with Crippen LogP contribution in [0.15, 0.2) is 97.3 Å². The number of allylic oxidation sites excluding steroid dienone is 1. The third kappa shape index (κ3) is 15.4. The summed E-state index contributed by atoms with van der Waals surface area (Å²) in [5, 5.41) is 28.3. The summed E-state index contributed by atoms with van der Waals surface area (Å²) >= 11 is 2.71. The van der Waals surface area contributed by atoms with Gasteiger partial charge in [-0.15, -0.1) is 16.4 Å². The molecule has 90 heavy (non-hydrogen) atoms. The van der Waals surface area contributed by atoms with Crippen molar-refractivity contribution < 1.29 is 57.2 Å². The number of anilines is 3. The summed E-state index contributed by atoms with van der Waals surface area (Å²) in [6, 6.07) is 22.1. The molecule has 0 radical (unpaired) electrons. The van der Waals surface area contributed by atoms with Gasteiger partial charge in [0.05, 0.1) is 80.3 Å². The zero-order chi connectivity index (χ0) is 62.5. The molecular weight excluding hydrogens is 1200 g/mol. The number of nitrogens with zero attached hydrogens (tertiary/aromatic N) is 9. The van der Waals surface area contributed by atoms with Crippen LogP contribution in [0, 0.1) is 17.7 Å². The fraction of sp³-hybridized carbons (Fsp3) is 0.375. The van der Waals surface area contributed by atoms with Crippen molar-refractivity contribution in [3.05, 3.63) is 153 Å². The Bertz CT molecular complexity index is 3860. The first-order valence-corrected chi connectivity index (χ1v) is 31.5. The lowest BCUT2D eigenvalue weighted by Gasteiger charge is -2.33. The van der Waals surface area contributed by atoms with Crippen molar-refractivity contribution in [2.75, 3.05) is 101 Å². The molecule has 7 aromatic rings. The Balaban J connectivity index is 0.524. The van der Waals surface area contributed by atoms with Gasteiger partial charge in [-0.2, -0.15) is 0 Å². The molecule has 0 saturated carbocycles. The predicted molar refractivity (Wildman–Crippen MR) is 334 cm³/mol. The van der Waals surface area contributed by atoms with Crippen molar-refractivity contribution in [2.24, 2.45) is 0 Å². The van der Waals surface area contributed by atoms with Crippen molar-refractivity contribution in [3.63, 3.8) is 0 Å². The van der Waals surface area contributed by atoms with E-state index in [2.05, 4.69) is 59.6 Å². The molecule has 11 rings (SSSR count). The van der Waals surface area contributed by atoms with Gasteiger partial charge in [-0.25, -0.2) is 19.2 Å². The Hall–Kier alpha value is -8.97. The molecule has 7 heterocycles. The molecule has 3 aromatic heterocycles. The highest BCUT2D eigenvalue weighted by Gasteiger charge is 2.45. The van der Waals surface area contributed by atoms with Gasteiger partial charge >= 0.3 is 5.97 Å². The first kappa shape index (κ1) is 62.6. The minimum Gasteiger partial charge on any atom is -0.491 e. The van der Waals surface area contributed by atoms with Crippen LogP contribution in [0.4, 0.5) is 20.3 Å². The summed E-state index contributed by atoms with van der Waals surface area (Å²) in [5.74, 6) is 2.98. The Morgan fingerprint density at radius 3 is 2.48 bits per heavy atom. The van der Waals surface area contributed by atoms with E-state index in [1.165, 1.54) is 28.7 Å². The standard InChI is InChI=1S/C64H67FN12O11S2/c1-41-18-20-51(59(80)67-41)77-60(81)46-12-5-14-50(56(46)61(77)82)66-23-32-85-33-34-86-35-36-87-40-44-38-76(72-71-44)25-7-17-55(78)74-29-27-73(28-30-74)24-6-9-42-19-21-52(48(65)37-42)88-31-8-16-54-57(62(83)84)69-64(90-54)75-26-22-43-10-4-11-45(47(43)39-75)58(79)70-63-68-49-13-2-3-15-53(49)89-63/h2-5,10-15,19,21,37-38,51,66H,1,7-8,16-18,20,22-36,39-40H2,(H,67,80)(H,83,84)(H,68,70,79). The largest absolute Gasteiger partial charge is 0.491 e. The number of ether oxygens (including phenoxy) is 4. The van der Waals surface area contributed by atoms with Crippen LogP contribution in [-0.4, -0.2) is 172 Å². The number of aromatic carboxylic acids is 1. The number of carboxylic acid groups (broad SMARTS) is 1.